The summed E-state index contributed by atoms with van der Waals surface area (Å²) in [5.74, 6) is -6.11. The maximum absolute atomic E-state index is 13.6. The Kier molecular flexibility index (Phi) is 11.1. The summed E-state index contributed by atoms with van der Waals surface area (Å²) < 4.78 is 70.4. The van der Waals surface area contributed by atoms with Crippen LogP contribution in [0.5, 0.6) is 0 Å². The molecule has 1 amide bonds. The van der Waals surface area contributed by atoms with Crippen LogP contribution in [0, 0.1) is 11.3 Å². The number of halogens is 5. The fraction of sp³-hybridized carbons (Fsp3) is 0.414. The maximum Gasteiger partial charge on any atom is 0.453 e. The molecule has 1 aliphatic heterocycles. The lowest BCUT2D eigenvalue weighted by Gasteiger charge is -2.26. The van der Waals surface area contributed by atoms with E-state index in [1.54, 1.807) is 13.0 Å². The van der Waals surface area contributed by atoms with Gasteiger partial charge >= 0.3 is 12.1 Å². The molecule has 0 spiro atoms. The van der Waals surface area contributed by atoms with Crippen LogP contribution in [0.15, 0.2) is 54.9 Å². The Morgan fingerprint density at radius 1 is 1.15 bits per heavy atom. The van der Waals surface area contributed by atoms with Crippen molar-refractivity contribution in [3.8, 4) is 0 Å². The highest BCUT2D eigenvalue weighted by Crippen LogP contribution is 2.41. The number of allylic oxidation sites excluding steroid dienone is 2. The van der Waals surface area contributed by atoms with Crippen molar-refractivity contribution in [3.63, 3.8) is 0 Å². The van der Waals surface area contributed by atoms with Gasteiger partial charge in [0.05, 0.1) is 13.2 Å². The summed E-state index contributed by atoms with van der Waals surface area (Å²) in [6.45, 7) is 5.54. The SMILES string of the molecule is CCC(C/C=C(\C=N)c1ccncc1/C=C/C(=O)Nc1ccc(CN2CCOCC2)cc1)CC(F)(F)C(F)(F)F. The molecule has 1 unspecified atom stereocenters. The monoisotopic (exact) mass is 564 g/mol. The number of hydrogen-bond acceptors (Lipinski definition) is 5. The zero-order valence-electron chi connectivity index (χ0n) is 22.2. The molecule has 1 saturated heterocycles. The number of aromatic nitrogens is 1. The van der Waals surface area contributed by atoms with Crippen LogP contribution in [0.2, 0.25) is 0 Å². The summed E-state index contributed by atoms with van der Waals surface area (Å²) in [4.78, 5) is 18.9. The van der Waals surface area contributed by atoms with Crippen LogP contribution in [0.3, 0.4) is 0 Å². The predicted octanol–water partition coefficient (Wildman–Crippen LogP) is 6.60. The van der Waals surface area contributed by atoms with E-state index in [4.69, 9.17) is 10.1 Å². The Morgan fingerprint density at radius 2 is 1.85 bits per heavy atom. The smallest absolute Gasteiger partial charge is 0.379 e. The highest BCUT2D eigenvalue weighted by atomic mass is 19.4. The second kappa shape index (κ2) is 14.3. The zero-order valence-corrected chi connectivity index (χ0v) is 22.2. The molecule has 1 aromatic heterocycles. The number of pyridine rings is 1. The van der Waals surface area contributed by atoms with Gasteiger partial charge in [-0.3, -0.25) is 14.7 Å². The summed E-state index contributed by atoms with van der Waals surface area (Å²) in [5, 5.41) is 10.6. The van der Waals surface area contributed by atoms with E-state index in [1.165, 1.54) is 30.6 Å². The summed E-state index contributed by atoms with van der Waals surface area (Å²) >= 11 is 0. The molecule has 1 fully saturated rings. The first kappa shape index (κ1) is 31.1. The fourth-order valence-corrected chi connectivity index (χ4v) is 4.28. The number of hydrogen-bond donors (Lipinski definition) is 2. The number of amides is 1. The molecular formula is C29H33F5N4O2. The van der Waals surface area contributed by atoms with Crippen LogP contribution in [0.4, 0.5) is 27.6 Å². The lowest BCUT2D eigenvalue weighted by molar-refractivity contribution is -0.288. The van der Waals surface area contributed by atoms with Crippen LogP contribution in [-0.2, 0) is 16.1 Å². The van der Waals surface area contributed by atoms with Crippen LogP contribution in [-0.4, -0.2) is 60.4 Å². The van der Waals surface area contributed by atoms with Gasteiger partial charge in [-0.15, -0.1) is 0 Å². The van der Waals surface area contributed by atoms with Crippen LogP contribution in [0.25, 0.3) is 11.6 Å². The van der Waals surface area contributed by atoms with Crippen molar-refractivity contribution in [3.05, 3.63) is 71.6 Å². The Morgan fingerprint density at radius 3 is 2.48 bits per heavy atom. The molecule has 0 saturated carbocycles. The summed E-state index contributed by atoms with van der Waals surface area (Å²) in [6.07, 6.45) is 1.35. The number of carbonyl (C=O) groups excluding carboxylic acids is 1. The van der Waals surface area contributed by atoms with Gasteiger partial charge in [-0.25, -0.2) is 0 Å². The number of rotatable bonds is 12. The predicted molar refractivity (Wildman–Crippen MR) is 145 cm³/mol. The molecule has 0 bridgehead atoms. The van der Waals surface area contributed by atoms with Gasteiger partial charge in [0, 0.05) is 62.0 Å². The topological polar surface area (TPSA) is 78.3 Å². The number of benzene rings is 1. The Bertz CT molecular complexity index is 1190. The van der Waals surface area contributed by atoms with Crippen molar-refractivity contribution >= 4 is 29.5 Å². The molecule has 3 rings (SSSR count). The number of ether oxygens (including phenoxy) is 1. The lowest BCUT2D eigenvalue weighted by atomic mass is 9.92. The number of nitrogens with one attached hydrogen (secondary N) is 2. The number of carbonyl (C=O) groups is 1. The van der Waals surface area contributed by atoms with Crippen molar-refractivity contribution in [2.75, 3.05) is 31.6 Å². The van der Waals surface area contributed by atoms with Gasteiger partial charge in [0.2, 0.25) is 5.91 Å². The Balaban J connectivity index is 1.64. The molecule has 40 heavy (non-hydrogen) atoms. The largest absolute Gasteiger partial charge is 0.453 e. The number of alkyl halides is 5. The first-order chi connectivity index (χ1) is 19.0. The Hall–Kier alpha value is -3.44. The summed E-state index contributed by atoms with van der Waals surface area (Å²) in [6, 6.07) is 9.12. The third-order valence-electron chi connectivity index (χ3n) is 6.67. The van der Waals surface area contributed by atoms with Gasteiger partial charge in [-0.05, 0) is 53.3 Å². The average molecular weight is 565 g/mol. The number of anilines is 1. The van der Waals surface area contributed by atoms with Crippen LogP contribution in [0.1, 0.15) is 42.9 Å². The van der Waals surface area contributed by atoms with Gasteiger partial charge in [0.15, 0.2) is 0 Å². The molecule has 1 aliphatic rings. The van der Waals surface area contributed by atoms with Crippen LogP contribution < -0.4 is 5.32 Å². The van der Waals surface area contributed by atoms with Crippen molar-refractivity contribution in [2.45, 2.75) is 44.8 Å². The first-order valence-electron chi connectivity index (χ1n) is 13.0. The Labute approximate surface area is 230 Å². The molecule has 0 radical (unpaired) electrons. The van der Waals surface area contributed by atoms with Gasteiger partial charge in [-0.1, -0.05) is 31.6 Å². The zero-order chi connectivity index (χ0) is 29.2. The molecule has 2 heterocycles. The quantitative estimate of drug-likeness (QED) is 0.173. The molecule has 11 heteroatoms. The molecule has 2 N–H and O–H groups in total. The fourth-order valence-electron chi connectivity index (χ4n) is 4.28. The third-order valence-corrected chi connectivity index (χ3v) is 6.67. The van der Waals surface area contributed by atoms with Gasteiger partial charge < -0.3 is 15.5 Å². The van der Waals surface area contributed by atoms with E-state index in [9.17, 15) is 26.7 Å². The molecule has 1 aromatic carbocycles. The second-order valence-corrected chi connectivity index (χ2v) is 9.59. The minimum Gasteiger partial charge on any atom is -0.379 e. The minimum atomic E-state index is -5.61. The number of morpholine rings is 1. The van der Waals surface area contributed by atoms with E-state index in [0.717, 1.165) is 44.6 Å². The summed E-state index contributed by atoms with van der Waals surface area (Å²) in [5.41, 5.74) is 3.05. The standard InChI is InChI=1S/C29H33F5N4O2/c1-2-21(17-28(30,31)29(32,33)34)3-6-23(18-35)26-11-12-36-19-24(26)7-10-27(39)37-25-8-4-22(5-9-25)20-38-13-15-40-16-14-38/h4-12,18-19,21,35H,2-3,13-17,20H2,1H3,(H,37,39)/b10-7+,23-6+,35-18?. The third kappa shape index (κ3) is 9.06. The second-order valence-electron chi connectivity index (χ2n) is 9.59. The van der Waals surface area contributed by atoms with Crippen molar-refractivity contribution < 1.29 is 31.5 Å². The molecule has 6 nitrogen and oxygen atoms in total. The molecular weight excluding hydrogens is 531 g/mol. The van der Waals surface area contributed by atoms with E-state index in [2.05, 4.69) is 15.2 Å². The van der Waals surface area contributed by atoms with E-state index in [0.29, 0.717) is 22.4 Å². The van der Waals surface area contributed by atoms with E-state index in [-0.39, 0.29) is 12.8 Å². The van der Waals surface area contributed by atoms with Gasteiger partial charge in [0.1, 0.15) is 0 Å². The highest BCUT2D eigenvalue weighted by molar-refractivity contribution is 6.10. The normalized spacial score (nSPS) is 16.2. The van der Waals surface area contributed by atoms with E-state index in [1.807, 2.05) is 24.3 Å². The minimum absolute atomic E-state index is 0.0691. The van der Waals surface area contributed by atoms with Gasteiger partial charge in [-0.2, -0.15) is 22.0 Å². The van der Waals surface area contributed by atoms with Crippen molar-refractivity contribution in [2.24, 2.45) is 5.92 Å². The maximum atomic E-state index is 13.6. The van der Waals surface area contributed by atoms with Crippen molar-refractivity contribution in [1.82, 2.24) is 9.88 Å². The van der Waals surface area contributed by atoms with Crippen molar-refractivity contribution in [1.29, 1.82) is 5.41 Å². The highest BCUT2D eigenvalue weighted by Gasteiger charge is 2.57. The first-order valence-corrected chi connectivity index (χ1v) is 13.0. The summed E-state index contributed by atoms with van der Waals surface area (Å²) in [7, 11) is 0. The molecule has 216 valence electrons. The van der Waals surface area contributed by atoms with Crippen LogP contribution >= 0.6 is 0 Å². The molecule has 2 aromatic rings. The molecule has 1 atom stereocenters. The van der Waals surface area contributed by atoms with E-state index >= 15 is 0 Å². The average Bonchev–Trinajstić information content (AvgIpc) is 2.93. The lowest BCUT2D eigenvalue weighted by Crippen LogP contribution is -2.38. The van der Waals surface area contributed by atoms with Gasteiger partial charge in [0.25, 0.3) is 0 Å². The number of nitrogens with zero attached hydrogens (tertiary/aromatic N) is 2. The molecule has 0 aliphatic carbocycles. The van der Waals surface area contributed by atoms with E-state index < -0.39 is 30.3 Å².